The zero-order chi connectivity index (χ0) is 12.3. The molecule has 1 aromatic heterocycles. The first-order valence-corrected chi connectivity index (χ1v) is 6.89. The van der Waals surface area contributed by atoms with E-state index in [0.29, 0.717) is 16.3 Å². The topological polar surface area (TPSA) is 62.2 Å². The van der Waals surface area contributed by atoms with Crippen molar-refractivity contribution in [1.82, 2.24) is 4.37 Å². The molecule has 0 saturated heterocycles. The van der Waals surface area contributed by atoms with Crippen molar-refractivity contribution in [1.29, 1.82) is 0 Å². The number of carbonyl (C=O) groups is 1. The molecule has 1 aromatic rings. The van der Waals surface area contributed by atoms with Gasteiger partial charge in [0.1, 0.15) is 10.6 Å². The predicted octanol–water partition coefficient (Wildman–Crippen LogP) is 3.14. The maximum absolute atomic E-state index is 11.0. The number of hydrogen-bond donors (Lipinski definition) is 2. The Labute approximate surface area is 105 Å². The van der Waals surface area contributed by atoms with Gasteiger partial charge in [0.15, 0.2) is 0 Å². The second kappa shape index (κ2) is 5.49. The van der Waals surface area contributed by atoms with Gasteiger partial charge in [-0.3, -0.25) is 0 Å². The Balaban J connectivity index is 1.88. The first kappa shape index (κ1) is 12.4. The highest BCUT2D eigenvalue weighted by Gasteiger charge is 2.18. The van der Waals surface area contributed by atoms with E-state index in [9.17, 15) is 4.79 Å². The number of aromatic nitrogens is 1. The zero-order valence-corrected chi connectivity index (χ0v) is 10.8. The van der Waals surface area contributed by atoms with Crippen molar-refractivity contribution in [2.45, 2.75) is 39.0 Å². The van der Waals surface area contributed by atoms with Crippen molar-refractivity contribution in [3.05, 3.63) is 11.3 Å². The third-order valence-electron chi connectivity index (χ3n) is 3.39. The van der Waals surface area contributed by atoms with Gasteiger partial charge < -0.3 is 10.4 Å². The van der Waals surface area contributed by atoms with Crippen LogP contribution in [0.1, 0.15) is 48.2 Å². The van der Waals surface area contributed by atoms with E-state index in [0.717, 1.165) is 18.9 Å². The number of anilines is 1. The lowest BCUT2D eigenvalue weighted by Gasteiger charge is -2.09. The maximum atomic E-state index is 11.0. The molecule has 0 radical (unpaired) electrons. The molecule has 1 fully saturated rings. The lowest BCUT2D eigenvalue weighted by atomic mass is 10.0. The number of aromatic carboxylic acids is 1. The van der Waals surface area contributed by atoms with Gasteiger partial charge in [-0.15, -0.1) is 0 Å². The summed E-state index contributed by atoms with van der Waals surface area (Å²) in [6, 6.07) is 0. The number of rotatable bonds is 5. The van der Waals surface area contributed by atoms with E-state index in [-0.39, 0.29) is 0 Å². The minimum absolute atomic E-state index is 0.335. The summed E-state index contributed by atoms with van der Waals surface area (Å²) in [5, 5.41) is 13.0. The summed E-state index contributed by atoms with van der Waals surface area (Å²) in [5.74, 6) is -0.0654. The van der Waals surface area contributed by atoms with E-state index >= 15 is 0 Å². The largest absolute Gasteiger partial charge is 0.478 e. The van der Waals surface area contributed by atoms with E-state index in [2.05, 4.69) is 9.69 Å². The highest BCUT2D eigenvalue weighted by Crippen LogP contribution is 2.28. The number of nitrogens with zero attached hydrogens (tertiary/aromatic N) is 1. The molecule has 0 amide bonds. The average Bonchev–Trinajstić information content (AvgIpc) is 2.88. The Morgan fingerprint density at radius 1 is 1.53 bits per heavy atom. The molecule has 0 aliphatic heterocycles. The molecular weight excluding hydrogens is 236 g/mol. The summed E-state index contributed by atoms with van der Waals surface area (Å²) in [6.45, 7) is 2.59. The summed E-state index contributed by atoms with van der Waals surface area (Å²) >= 11 is 1.25. The number of aryl methyl sites for hydroxylation is 1. The van der Waals surface area contributed by atoms with Crippen LogP contribution in [-0.2, 0) is 0 Å². The van der Waals surface area contributed by atoms with E-state index in [4.69, 9.17) is 5.11 Å². The summed E-state index contributed by atoms with van der Waals surface area (Å²) in [4.78, 5) is 11.0. The van der Waals surface area contributed by atoms with Crippen LogP contribution in [0.4, 0.5) is 5.00 Å². The third-order valence-corrected chi connectivity index (χ3v) is 4.29. The Kier molecular flexibility index (Phi) is 3.99. The number of carboxylic acids is 1. The highest BCUT2D eigenvalue weighted by atomic mass is 32.1. The van der Waals surface area contributed by atoms with E-state index < -0.39 is 5.97 Å². The lowest BCUT2D eigenvalue weighted by molar-refractivity contribution is 0.0697. The molecule has 5 heteroatoms. The summed E-state index contributed by atoms with van der Waals surface area (Å²) in [7, 11) is 0. The molecule has 1 saturated carbocycles. The summed E-state index contributed by atoms with van der Waals surface area (Å²) < 4.78 is 4.09. The monoisotopic (exact) mass is 254 g/mol. The van der Waals surface area contributed by atoms with Gasteiger partial charge in [0, 0.05) is 6.54 Å². The van der Waals surface area contributed by atoms with Gasteiger partial charge in [-0.1, -0.05) is 25.7 Å². The van der Waals surface area contributed by atoms with Gasteiger partial charge in [0.2, 0.25) is 0 Å². The molecule has 1 aliphatic carbocycles. The molecule has 0 bridgehead atoms. The van der Waals surface area contributed by atoms with E-state index in [1.807, 2.05) is 0 Å². The highest BCUT2D eigenvalue weighted by molar-refractivity contribution is 7.10. The van der Waals surface area contributed by atoms with Crippen molar-refractivity contribution in [3.63, 3.8) is 0 Å². The molecule has 17 heavy (non-hydrogen) atoms. The van der Waals surface area contributed by atoms with Crippen LogP contribution in [0.2, 0.25) is 0 Å². The molecular formula is C12H18N2O2S. The maximum Gasteiger partial charge on any atom is 0.340 e. The minimum atomic E-state index is -0.889. The fraction of sp³-hybridized carbons (Fsp3) is 0.667. The molecule has 0 atom stereocenters. The fourth-order valence-corrected chi connectivity index (χ4v) is 3.24. The minimum Gasteiger partial charge on any atom is -0.478 e. The summed E-state index contributed by atoms with van der Waals surface area (Å²) in [6.07, 6.45) is 6.50. The normalized spacial score (nSPS) is 16.3. The summed E-state index contributed by atoms with van der Waals surface area (Å²) in [5.41, 5.74) is 0.937. The van der Waals surface area contributed by atoms with Crippen LogP contribution in [0.5, 0.6) is 0 Å². The van der Waals surface area contributed by atoms with Gasteiger partial charge in [-0.2, -0.15) is 4.37 Å². The van der Waals surface area contributed by atoms with E-state index in [1.54, 1.807) is 6.92 Å². The molecule has 2 rings (SSSR count). The molecule has 4 nitrogen and oxygen atoms in total. The van der Waals surface area contributed by atoms with Crippen molar-refractivity contribution in [3.8, 4) is 0 Å². The average molecular weight is 254 g/mol. The van der Waals surface area contributed by atoms with Gasteiger partial charge in [-0.25, -0.2) is 4.79 Å². The van der Waals surface area contributed by atoms with Crippen molar-refractivity contribution in [2.75, 3.05) is 11.9 Å². The SMILES string of the molecule is Cc1nsc(NCCC2CCCC2)c1C(=O)O. The third kappa shape index (κ3) is 2.97. The van der Waals surface area contributed by atoms with Gasteiger partial charge >= 0.3 is 5.97 Å². The van der Waals surface area contributed by atoms with Crippen LogP contribution in [0, 0.1) is 12.8 Å². The quantitative estimate of drug-likeness (QED) is 0.847. The first-order valence-electron chi connectivity index (χ1n) is 6.12. The van der Waals surface area contributed by atoms with Crippen LogP contribution in [-0.4, -0.2) is 22.0 Å². The standard InChI is InChI=1S/C12H18N2O2S/c1-8-10(12(15)16)11(17-14-8)13-7-6-9-4-2-3-5-9/h9,13H,2-7H2,1H3,(H,15,16). The van der Waals surface area contributed by atoms with Crippen LogP contribution < -0.4 is 5.32 Å². The van der Waals surface area contributed by atoms with Gasteiger partial charge in [0.05, 0.1) is 5.69 Å². The molecule has 0 spiro atoms. The van der Waals surface area contributed by atoms with Gasteiger partial charge in [0.25, 0.3) is 0 Å². The lowest BCUT2D eigenvalue weighted by Crippen LogP contribution is -2.09. The number of carboxylic acid groups (broad SMARTS) is 1. The van der Waals surface area contributed by atoms with Crippen molar-refractivity contribution in [2.24, 2.45) is 5.92 Å². The Bertz CT molecular complexity index is 397. The molecule has 94 valence electrons. The first-order chi connectivity index (χ1) is 8.18. The number of hydrogen-bond acceptors (Lipinski definition) is 4. The Hall–Kier alpha value is -1.10. The van der Waals surface area contributed by atoms with Crippen LogP contribution >= 0.6 is 11.5 Å². The Morgan fingerprint density at radius 3 is 2.88 bits per heavy atom. The predicted molar refractivity (Wildman–Crippen MR) is 68.9 cm³/mol. The molecule has 0 unspecified atom stereocenters. The van der Waals surface area contributed by atoms with Gasteiger partial charge in [-0.05, 0) is 30.8 Å². The smallest absolute Gasteiger partial charge is 0.340 e. The zero-order valence-electron chi connectivity index (χ0n) is 10.0. The van der Waals surface area contributed by atoms with Crippen molar-refractivity contribution >= 4 is 22.5 Å². The fourth-order valence-electron chi connectivity index (χ4n) is 2.43. The Morgan fingerprint density at radius 2 is 2.24 bits per heavy atom. The molecule has 1 aliphatic rings. The second-order valence-corrected chi connectivity index (χ2v) is 5.42. The number of nitrogens with one attached hydrogen (secondary N) is 1. The molecule has 1 heterocycles. The van der Waals surface area contributed by atoms with E-state index in [1.165, 1.54) is 37.2 Å². The van der Waals surface area contributed by atoms with Crippen molar-refractivity contribution < 1.29 is 9.90 Å². The molecule has 2 N–H and O–H groups in total. The van der Waals surface area contributed by atoms with Crippen LogP contribution in [0.15, 0.2) is 0 Å². The molecule has 0 aromatic carbocycles. The second-order valence-electron chi connectivity index (χ2n) is 4.64. The van der Waals surface area contributed by atoms with Crippen LogP contribution in [0.25, 0.3) is 0 Å². The van der Waals surface area contributed by atoms with Crippen LogP contribution in [0.3, 0.4) is 0 Å².